The fourth-order valence-electron chi connectivity index (χ4n) is 4.55. The van der Waals surface area contributed by atoms with Gasteiger partial charge in [0.05, 0.1) is 17.4 Å². The SMILES string of the molecule is Cc1cccc2ncc(-c3cn4nc(C(=O)NCC(C)Cn5cccn5)c(C(C)C)c4c(=O)[nH]3)cc12. The van der Waals surface area contributed by atoms with Gasteiger partial charge >= 0.3 is 0 Å². The Hall–Kier alpha value is -4.27. The zero-order chi connectivity index (χ0) is 25.4. The number of aromatic amines is 1. The second kappa shape index (κ2) is 9.41. The molecule has 0 saturated carbocycles. The van der Waals surface area contributed by atoms with E-state index in [4.69, 9.17) is 0 Å². The molecule has 1 atom stereocenters. The predicted molar refractivity (Wildman–Crippen MR) is 139 cm³/mol. The highest BCUT2D eigenvalue weighted by Gasteiger charge is 2.24. The van der Waals surface area contributed by atoms with Gasteiger partial charge < -0.3 is 10.3 Å². The average molecular weight is 484 g/mol. The summed E-state index contributed by atoms with van der Waals surface area (Å²) in [5.74, 6) is -0.187. The van der Waals surface area contributed by atoms with Crippen LogP contribution in [0.3, 0.4) is 0 Å². The zero-order valence-corrected chi connectivity index (χ0v) is 20.8. The Morgan fingerprint density at radius 1 is 1.19 bits per heavy atom. The van der Waals surface area contributed by atoms with Crippen molar-refractivity contribution in [1.82, 2.24) is 34.7 Å². The molecule has 0 aliphatic rings. The Balaban J connectivity index is 1.48. The van der Waals surface area contributed by atoms with Gasteiger partial charge in [-0.2, -0.15) is 10.2 Å². The van der Waals surface area contributed by atoms with Crippen molar-refractivity contribution >= 4 is 22.3 Å². The van der Waals surface area contributed by atoms with E-state index in [0.29, 0.717) is 29.9 Å². The van der Waals surface area contributed by atoms with Crippen molar-refractivity contribution in [2.24, 2.45) is 5.92 Å². The van der Waals surface area contributed by atoms with Gasteiger partial charge in [-0.15, -0.1) is 0 Å². The first-order valence-corrected chi connectivity index (χ1v) is 12.1. The third-order valence-corrected chi connectivity index (χ3v) is 6.38. The van der Waals surface area contributed by atoms with Crippen molar-refractivity contribution in [2.45, 2.75) is 40.2 Å². The number of carbonyl (C=O) groups is 1. The van der Waals surface area contributed by atoms with Crippen LogP contribution in [0, 0.1) is 12.8 Å². The maximum Gasteiger partial charge on any atom is 0.274 e. The average Bonchev–Trinajstić information content (AvgIpc) is 3.50. The minimum atomic E-state index is -0.293. The zero-order valence-electron chi connectivity index (χ0n) is 20.8. The Morgan fingerprint density at radius 2 is 2.03 bits per heavy atom. The summed E-state index contributed by atoms with van der Waals surface area (Å²) in [5, 5.41) is 12.8. The Morgan fingerprint density at radius 3 is 2.78 bits per heavy atom. The van der Waals surface area contributed by atoms with Gasteiger partial charge in [-0.3, -0.25) is 19.3 Å². The summed E-state index contributed by atoms with van der Waals surface area (Å²) in [6.45, 7) is 9.15. The molecule has 1 aromatic carbocycles. The van der Waals surface area contributed by atoms with Crippen molar-refractivity contribution < 1.29 is 4.79 Å². The van der Waals surface area contributed by atoms with E-state index in [0.717, 1.165) is 22.0 Å². The highest BCUT2D eigenvalue weighted by molar-refractivity contribution is 5.96. The fourth-order valence-corrected chi connectivity index (χ4v) is 4.55. The second-order valence-electron chi connectivity index (χ2n) is 9.62. The number of benzene rings is 1. The molecule has 0 saturated heterocycles. The normalized spacial score (nSPS) is 12.5. The van der Waals surface area contributed by atoms with Gasteiger partial charge in [0.1, 0.15) is 5.52 Å². The summed E-state index contributed by atoms with van der Waals surface area (Å²) in [6, 6.07) is 9.85. The lowest BCUT2D eigenvalue weighted by molar-refractivity contribution is 0.0940. The lowest BCUT2D eigenvalue weighted by Crippen LogP contribution is -2.31. The number of aromatic nitrogens is 6. The van der Waals surface area contributed by atoms with Crippen molar-refractivity contribution in [1.29, 1.82) is 0 Å². The number of rotatable bonds is 7. The smallest absolute Gasteiger partial charge is 0.274 e. The molecular weight excluding hydrogens is 454 g/mol. The molecule has 36 heavy (non-hydrogen) atoms. The topological polar surface area (TPSA) is 110 Å². The minimum absolute atomic E-state index is 0.0679. The van der Waals surface area contributed by atoms with Crippen LogP contribution in [-0.2, 0) is 6.54 Å². The van der Waals surface area contributed by atoms with E-state index < -0.39 is 0 Å². The summed E-state index contributed by atoms with van der Waals surface area (Å²) in [6.07, 6.45) is 7.12. The van der Waals surface area contributed by atoms with Crippen molar-refractivity contribution in [2.75, 3.05) is 6.54 Å². The van der Waals surface area contributed by atoms with E-state index in [1.807, 2.05) is 68.9 Å². The Kier molecular flexibility index (Phi) is 6.13. The van der Waals surface area contributed by atoms with Gasteiger partial charge in [0, 0.05) is 48.2 Å². The van der Waals surface area contributed by atoms with Crippen molar-refractivity contribution in [3.63, 3.8) is 0 Å². The van der Waals surface area contributed by atoms with Crippen LogP contribution in [0.15, 0.2) is 59.9 Å². The van der Waals surface area contributed by atoms with E-state index in [-0.39, 0.29) is 29.0 Å². The van der Waals surface area contributed by atoms with Crippen molar-refractivity contribution in [3.8, 4) is 11.3 Å². The molecule has 0 radical (unpaired) electrons. The summed E-state index contributed by atoms with van der Waals surface area (Å²) in [4.78, 5) is 33.9. The van der Waals surface area contributed by atoms with E-state index in [2.05, 4.69) is 25.5 Å². The maximum atomic E-state index is 13.2. The van der Waals surface area contributed by atoms with Crippen LogP contribution >= 0.6 is 0 Å². The van der Waals surface area contributed by atoms with Gasteiger partial charge in [-0.05, 0) is 42.5 Å². The first-order valence-electron chi connectivity index (χ1n) is 12.1. The summed E-state index contributed by atoms with van der Waals surface area (Å²) in [7, 11) is 0. The quantitative estimate of drug-likeness (QED) is 0.364. The maximum absolute atomic E-state index is 13.2. The number of nitrogens with one attached hydrogen (secondary N) is 2. The van der Waals surface area contributed by atoms with Crippen LogP contribution in [0.2, 0.25) is 0 Å². The van der Waals surface area contributed by atoms with Gasteiger partial charge in [0.2, 0.25) is 0 Å². The molecule has 4 aromatic heterocycles. The molecule has 0 aliphatic carbocycles. The highest BCUT2D eigenvalue weighted by Crippen LogP contribution is 2.26. The second-order valence-corrected chi connectivity index (χ2v) is 9.62. The van der Waals surface area contributed by atoms with E-state index >= 15 is 0 Å². The van der Waals surface area contributed by atoms with E-state index in [1.54, 1.807) is 18.6 Å². The lowest BCUT2D eigenvalue weighted by atomic mass is 10.0. The molecule has 0 bridgehead atoms. The molecule has 5 rings (SSSR count). The molecule has 0 fully saturated rings. The number of carbonyl (C=O) groups excluding carboxylic acids is 1. The monoisotopic (exact) mass is 483 g/mol. The van der Waals surface area contributed by atoms with Gasteiger partial charge in [0.15, 0.2) is 5.69 Å². The molecule has 1 unspecified atom stereocenters. The summed E-state index contributed by atoms with van der Waals surface area (Å²) < 4.78 is 3.36. The summed E-state index contributed by atoms with van der Waals surface area (Å²) >= 11 is 0. The molecular formula is C27H29N7O2. The van der Waals surface area contributed by atoms with Gasteiger partial charge in [-0.1, -0.05) is 32.9 Å². The molecule has 184 valence electrons. The van der Waals surface area contributed by atoms with Crippen LogP contribution in [-0.4, -0.2) is 41.8 Å². The molecule has 2 N–H and O–H groups in total. The molecule has 4 heterocycles. The third-order valence-electron chi connectivity index (χ3n) is 6.38. The first-order chi connectivity index (χ1) is 17.3. The molecule has 5 aromatic rings. The lowest BCUT2D eigenvalue weighted by Gasteiger charge is -2.13. The third kappa shape index (κ3) is 4.39. The fraction of sp³-hybridized carbons (Fsp3) is 0.296. The van der Waals surface area contributed by atoms with Gasteiger partial charge in [0.25, 0.3) is 11.5 Å². The number of pyridine rings is 1. The van der Waals surface area contributed by atoms with E-state index in [9.17, 15) is 9.59 Å². The standard InChI is InChI=1S/C27H29N7O2/c1-16(2)23-24(26(35)29-12-17(3)14-33-10-6-9-30-33)32-34-15-22(31-27(36)25(23)34)19-11-20-18(4)7-5-8-21(20)28-13-19/h5-11,13,15-17H,12,14H2,1-4H3,(H,29,35)(H,31,36). The predicted octanol–water partition coefficient (Wildman–Crippen LogP) is 3.93. The number of hydrogen-bond acceptors (Lipinski definition) is 5. The molecule has 9 nitrogen and oxygen atoms in total. The molecule has 0 aliphatic heterocycles. The number of hydrogen-bond donors (Lipinski definition) is 2. The number of aryl methyl sites for hydroxylation is 1. The van der Waals surface area contributed by atoms with Crippen molar-refractivity contribution in [3.05, 3.63) is 82.3 Å². The number of nitrogens with zero attached hydrogens (tertiary/aromatic N) is 5. The summed E-state index contributed by atoms with van der Waals surface area (Å²) in [5.41, 5.74) is 4.35. The Bertz CT molecular complexity index is 1610. The van der Waals surface area contributed by atoms with Crippen LogP contribution in [0.25, 0.3) is 27.7 Å². The van der Waals surface area contributed by atoms with Crippen LogP contribution < -0.4 is 10.9 Å². The van der Waals surface area contributed by atoms with Crippen LogP contribution in [0.5, 0.6) is 0 Å². The Labute approximate surface area is 208 Å². The van der Waals surface area contributed by atoms with E-state index in [1.165, 1.54) is 4.52 Å². The number of fused-ring (bicyclic) bond motifs is 2. The molecule has 9 heteroatoms. The highest BCUT2D eigenvalue weighted by atomic mass is 16.2. The largest absolute Gasteiger partial charge is 0.350 e. The van der Waals surface area contributed by atoms with Gasteiger partial charge in [-0.25, -0.2) is 4.52 Å². The molecule has 0 spiro atoms. The van der Waals surface area contributed by atoms with Crippen LogP contribution in [0.4, 0.5) is 0 Å². The first kappa shape index (κ1) is 23.5. The number of H-pyrrole nitrogens is 1. The minimum Gasteiger partial charge on any atom is -0.350 e. The number of amides is 1. The van der Waals surface area contributed by atoms with Crippen LogP contribution in [0.1, 0.15) is 48.3 Å². The molecule has 1 amide bonds.